The molecule has 17 nitrogen and oxygen atoms in total. The number of rotatable bonds is 12. The van der Waals surface area contributed by atoms with E-state index in [4.69, 9.17) is 0 Å². The standard InChI is InChI=1S/C24H20F3N5O3S.C23H19F3N6O3S/c1-13-2-3-14(9-28-13)15-8-17-18(11-30-24(17)29-10-15)23(33)21-19(26)4-5-20(22(21)27)31-36(34,35)32-7-6-16(25)12-32;1-12-27-8-14(9-28-12)13-6-16-17(10-30-23(16)29-7-13)22(33)20-18(25)2-3-19(21(20)26)31-36(34,35)32-5-4-15(24)11-32/h2-5,8-11,16,31H,6-7,12H2,1H3,(H,29,30);2-3,6-10,15,31H,4-5,11H2,1H3,(H,29,30)/t16-;15-/m11/s1. The highest BCUT2D eigenvalue weighted by Gasteiger charge is 2.35. The lowest BCUT2D eigenvalue weighted by molar-refractivity contribution is 0.102. The first-order chi connectivity index (χ1) is 34.3. The molecule has 0 aliphatic carbocycles. The monoisotopic (exact) mass is 1030 g/mol. The first kappa shape index (κ1) is 49.4. The van der Waals surface area contributed by atoms with Crippen LogP contribution in [0.1, 0.15) is 56.2 Å². The fourth-order valence-electron chi connectivity index (χ4n) is 8.05. The molecule has 4 N–H and O–H groups in total. The number of aromatic amines is 2. The number of aromatic nitrogens is 7. The zero-order valence-corrected chi connectivity index (χ0v) is 39.4. The van der Waals surface area contributed by atoms with E-state index < -0.39 is 90.1 Å². The predicted octanol–water partition coefficient (Wildman–Crippen LogP) is 7.68. The number of H-pyrrole nitrogens is 2. The molecule has 0 spiro atoms. The van der Waals surface area contributed by atoms with Crippen molar-refractivity contribution >= 4 is 65.4 Å². The second kappa shape index (κ2) is 19.5. The maximum Gasteiger partial charge on any atom is 0.301 e. The molecule has 0 saturated carbocycles. The molecule has 6 aromatic heterocycles. The molecule has 0 bridgehead atoms. The summed E-state index contributed by atoms with van der Waals surface area (Å²) < 4.78 is 143. The number of carbonyl (C=O) groups excluding carboxylic acids is 2. The predicted molar refractivity (Wildman–Crippen MR) is 253 cm³/mol. The first-order valence-corrected chi connectivity index (χ1v) is 24.7. The third kappa shape index (κ3) is 9.86. The van der Waals surface area contributed by atoms with E-state index in [1.54, 1.807) is 43.8 Å². The molecule has 2 aliphatic heterocycles. The second-order valence-electron chi connectivity index (χ2n) is 16.8. The number of anilines is 2. The fourth-order valence-corrected chi connectivity index (χ4v) is 10.6. The lowest BCUT2D eigenvalue weighted by Gasteiger charge is -2.18. The van der Waals surface area contributed by atoms with Gasteiger partial charge in [-0.05, 0) is 69.2 Å². The number of fused-ring (bicyclic) bond motifs is 2. The maximum absolute atomic E-state index is 15.3. The minimum absolute atomic E-state index is 0.0157. The van der Waals surface area contributed by atoms with Crippen molar-refractivity contribution in [3.63, 3.8) is 0 Å². The smallest absolute Gasteiger partial charge is 0.301 e. The van der Waals surface area contributed by atoms with Crippen LogP contribution in [0.15, 0.2) is 91.9 Å². The number of aryl methyl sites for hydroxylation is 2. The fraction of sp³-hybridized carbons (Fsp3) is 0.213. The Morgan fingerprint density at radius 3 is 1.43 bits per heavy atom. The molecule has 10 rings (SSSR count). The van der Waals surface area contributed by atoms with Crippen molar-refractivity contribution in [2.45, 2.75) is 39.0 Å². The van der Waals surface area contributed by atoms with Crippen molar-refractivity contribution in [3.05, 3.63) is 149 Å². The van der Waals surface area contributed by atoms with Gasteiger partial charge in [0, 0.05) is 119 Å². The number of pyridine rings is 3. The van der Waals surface area contributed by atoms with E-state index in [9.17, 15) is 44.0 Å². The third-order valence-corrected chi connectivity index (χ3v) is 14.9. The van der Waals surface area contributed by atoms with Crippen LogP contribution in [0.4, 0.5) is 37.7 Å². The highest BCUT2D eigenvalue weighted by Crippen LogP contribution is 2.33. The van der Waals surface area contributed by atoms with Crippen LogP contribution in [0.25, 0.3) is 44.3 Å². The van der Waals surface area contributed by atoms with Crippen LogP contribution in [0, 0.1) is 37.1 Å². The number of hydrogen-bond acceptors (Lipinski definition) is 11. The van der Waals surface area contributed by atoms with Crippen molar-refractivity contribution in [2.75, 3.05) is 35.6 Å². The van der Waals surface area contributed by atoms with Crippen molar-refractivity contribution in [3.8, 4) is 22.3 Å². The minimum Gasteiger partial charge on any atom is -0.345 e. The quantitative estimate of drug-likeness (QED) is 0.0685. The zero-order valence-electron chi connectivity index (χ0n) is 37.7. The van der Waals surface area contributed by atoms with Crippen LogP contribution < -0.4 is 9.44 Å². The minimum atomic E-state index is -4.31. The van der Waals surface area contributed by atoms with Crippen molar-refractivity contribution < 1.29 is 52.8 Å². The lowest BCUT2D eigenvalue weighted by Crippen LogP contribution is -2.34. The van der Waals surface area contributed by atoms with Gasteiger partial charge in [-0.25, -0.2) is 46.3 Å². The molecule has 2 fully saturated rings. The Kier molecular flexibility index (Phi) is 13.4. The largest absolute Gasteiger partial charge is 0.345 e. The summed E-state index contributed by atoms with van der Waals surface area (Å²) >= 11 is 0. The van der Waals surface area contributed by atoms with Crippen molar-refractivity contribution in [2.24, 2.45) is 0 Å². The van der Waals surface area contributed by atoms with Crippen LogP contribution in [-0.2, 0) is 20.4 Å². The number of nitrogens with one attached hydrogen (secondary N) is 4. The number of halogens is 6. The van der Waals surface area contributed by atoms with Crippen LogP contribution in [-0.4, -0.2) is 110 Å². The SMILES string of the molecule is Cc1ccc(-c2cnc3[nH]cc(C(=O)c4c(F)ccc(NS(=O)(=O)N5CC[C@@H](F)C5)c4F)c3c2)cn1.Cc1ncc(-c2cnc3[nH]cc(C(=O)c4c(F)ccc(NS(=O)(=O)N5CC[C@@H](F)C5)c4F)c3c2)cn1. The summed E-state index contributed by atoms with van der Waals surface area (Å²) in [6.07, 6.45) is 7.88. The van der Waals surface area contributed by atoms with Crippen LogP contribution in [0.3, 0.4) is 0 Å². The highest BCUT2D eigenvalue weighted by atomic mass is 32.2. The lowest BCUT2D eigenvalue weighted by atomic mass is 10.00. The molecule has 0 unspecified atom stereocenters. The highest BCUT2D eigenvalue weighted by molar-refractivity contribution is 7.90. The van der Waals surface area contributed by atoms with E-state index in [0.29, 0.717) is 44.6 Å². The molecule has 2 aromatic carbocycles. The van der Waals surface area contributed by atoms with Gasteiger partial charge in [-0.2, -0.15) is 25.4 Å². The van der Waals surface area contributed by atoms with Gasteiger partial charge in [0.2, 0.25) is 11.6 Å². The Morgan fingerprint density at radius 2 is 1.01 bits per heavy atom. The molecule has 8 aromatic rings. The zero-order chi connectivity index (χ0) is 51.2. The Morgan fingerprint density at radius 1 is 0.583 bits per heavy atom. The molecule has 72 heavy (non-hydrogen) atoms. The Hall–Kier alpha value is -7.61. The van der Waals surface area contributed by atoms with E-state index in [1.807, 2.05) is 28.5 Å². The molecule has 0 radical (unpaired) electrons. The number of benzene rings is 2. The molecule has 2 atom stereocenters. The average molecular weight is 1030 g/mol. The van der Waals surface area contributed by atoms with Gasteiger partial charge < -0.3 is 9.97 Å². The summed E-state index contributed by atoms with van der Waals surface area (Å²) in [5, 5.41) is 0.628. The molecule has 8 heterocycles. The number of nitrogens with zero attached hydrogens (tertiary/aromatic N) is 7. The Balaban J connectivity index is 0.000000178. The van der Waals surface area contributed by atoms with Crippen molar-refractivity contribution in [1.82, 2.24) is 43.5 Å². The van der Waals surface area contributed by atoms with Crippen LogP contribution in [0.2, 0.25) is 0 Å². The number of hydrogen-bond donors (Lipinski definition) is 4. The Bertz CT molecular complexity index is 3420. The average Bonchev–Trinajstić information content (AvgIpc) is 4.19. The molecule has 0 amide bonds. The first-order valence-electron chi connectivity index (χ1n) is 21.8. The molecule has 372 valence electrons. The molecular formula is C47H39F6N11O6S2. The molecule has 25 heteroatoms. The van der Waals surface area contributed by atoms with Gasteiger partial charge in [0.05, 0.1) is 22.5 Å². The van der Waals surface area contributed by atoms with Crippen molar-refractivity contribution in [1.29, 1.82) is 0 Å². The summed E-state index contributed by atoms with van der Waals surface area (Å²) in [5.74, 6) is -6.53. The van der Waals surface area contributed by atoms with Gasteiger partial charge >= 0.3 is 20.4 Å². The number of alkyl halides is 2. The van der Waals surface area contributed by atoms with Gasteiger partial charge in [-0.3, -0.25) is 24.0 Å². The summed E-state index contributed by atoms with van der Waals surface area (Å²) in [7, 11) is -8.61. The van der Waals surface area contributed by atoms with Gasteiger partial charge in [0.1, 0.15) is 41.1 Å². The summed E-state index contributed by atoms with van der Waals surface area (Å²) in [6, 6.07) is 10.3. The van der Waals surface area contributed by atoms with Gasteiger partial charge in [-0.15, -0.1) is 0 Å². The summed E-state index contributed by atoms with van der Waals surface area (Å²) in [4.78, 5) is 53.2. The molecule has 2 aliphatic rings. The van der Waals surface area contributed by atoms with E-state index in [-0.39, 0.29) is 50.1 Å². The summed E-state index contributed by atoms with van der Waals surface area (Å²) in [5.41, 5.74) is 0.817. The number of carbonyl (C=O) groups is 2. The molecular weight excluding hydrogens is 993 g/mol. The van der Waals surface area contributed by atoms with E-state index in [1.165, 1.54) is 18.6 Å². The van der Waals surface area contributed by atoms with E-state index in [2.05, 4.69) is 34.9 Å². The third-order valence-electron chi connectivity index (χ3n) is 11.9. The summed E-state index contributed by atoms with van der Waals surface area (Å²) in [6.45, 7) is 2.67. The van der Waals surface area contributed by atoms with E-state index in [0.717, 1.165) is 44.1 Å². The number of ketones is 2. The Labute approximate surface area is 406 Å². The normalized spacial score (nSPS) is 16.5. The second-order valence-corrected chi connectivity index (χ2v) is 20.1. The van der Waals surface area contributed by atoms with Gasteiger partial charge in [0.15, 0.2) is 11.6 Å². The van der Waals surface area contributed by atoms with Crippen LogP contribution >= 0.6 is 0 Å². The van der Waals surface area contributed by atoms with Gasteiger partial charge in [-0.1, -0.05) is 6.07 Å². The molecule has 2 saturated heterocycles. The van der Waals surface area contributed by atoms with Gasteiger partial charge in [0.25, 0.3) is 0 Å². The topological polar surface area (TPSA) is 229 Å². The maximum atomic E-state index is 15.3. The van der Waals surface area contributed by atoms with Crippen LogP contribution in [0.5, 0.6) is 0 Å². The van der Waals surface area contributed by atoms with E-state index >= 15 is 8.78 Å².